The summed E-state index contributed by atoms with van der Waals surface area (Å²) in [6.07, 6.45) is 0.452. The molecule has 6 nitrogen and oxygen atoms in total. The third-order valence-corrected chi connectivity index (χ3v) is 5.70. The molecule has 0 aliphatic carbocycles. The first-order valence-corrected chi connectivity index (χ1v) is 9.88. The van der Waals surface area contributed by atoms with Crippen molar-refractivity contribution in [3.05, 3.63) is 29.3 Å². The Labute approximate surface area is 164 Å². The van der Waals surface area contributed by atoms with E-state index in [0.29, 0.717) is 44.0 Å². The molecule has 2 N–H and O–H groups in total. The molecule has 2 aliphatic rings. The summed E-state index contributed by atoms with van der Waals surface area (Å²) in [5.41, 5.74) is 2.18. The second-order valence-corrected chi connectivity index (χ2v) is 7.51. The molecule has 2 fully saturated rings. The van der Waals surface area contributed by atoms with Crippen molar-refractivity contribution in [3.63, 3.8) is 0 Å². The van der Waals surface area contributed by atoms with E-state index in [1.54, 1.807) is 4.90 Å². The third kappa shape index (κ3) is 5.36. The van der Waals surface area contributed by atoms with Crippen molar-refractivity contribution in [2.75, 3.05) is 49.7 Å². The number of carbonyl (C=O) groups excluding carboxylic acids is 2. The van der Waals surface area contributed by atoms with Crippen molar-refractivity contribution < 1.29 is 14.3 Å². The predicted molar refractivity (Wildman–Crippen MR) is 108 cm³/mol. The fraction of sp³-hybridized carbons (Fsp3) is 0.556. The van der Waals surface area contributed by atoms with Gasteiger partial charge in [-0.25, -0.2) is 0 Å². The molecule has 1 aromatic carbocycles. The SMILES string of the molecule is Cc1c(NC(=O)CC2CSCCN2)cccc1C(=O)N1CCOCC1.Cl. The Hall–Kier alpha value is -1.28. The van der Waals surface area contributed by atoms with E-state index in [9.17, 15) is 9.59 Å². The van der Waals surface area contributed by atoms with Crippen LogP contribution in [-0.4, -0.2) is 67.1 Å². The highest BCUT2D eigenvalue weighted by molar-refractivity contribution is 7.99. The molecule has 2 aliphatic heterocycles. The Kier molecular flexibility index (Phi) is 8.21. The van der Waals surface area contributed by atoms with Gasteiger partial charge < -0.3 is 20.3 Å². The summed E-state index contributed by atoms with van der Waals surface area (Å²) in [7, 11) is 0. The number of hydrogen-bond donors (Lipinski definition) is 2. The van der Waals surface area contributed by atoms with Crippen molar-refractivity contribution >= 4 is 41.7 Å². The Morgan fingerprint density at radius 1 is 1.35 bits per heavy atom. The molecule has 0 spiro atoms. The molecule has 1 atom stereocenters. The van der Waals surface area contributed by atoms with Crippen LogP contribution in [0.4, 0.5) is 5.69 Å². The van der Waals surface area contributed by atoms with Crippen LogP contribution in [0.5, 0.6) is 0 Å². The molecule has 2 amide bonds. The van der Waals surface area contributed by atoms with Gasteiger partial charge in [-0.05, 0) is 24.6 Å². The Morgan fingerprint density at radius 2 is 2.12 bits per heavy atom. The van der Waals surface area contributed by atoms with Crippen molar-refractivity contribution in [1.82, 2.24) is 10.2 Å². The second-order valence-electron chi connectivity index (χ2n) is 6.36. The van der Waals surface area contributed by atoms with Crippen LogP contribution in [0.3, 0.4) is 0 Å². The summed E-state index contributed by atoms with van der Waals surface area (Å²) in [4.78, 5) is 26.9. The molecule has 3 rings (SSSR count). The van der Waals surface area contributed by atoms with E-state index < -0.39 is 0 Å². The molecule has 2 heterocycles. The highest BCUT2D eigenvalue weighted by Gasteiger charge is 2.22. The van der Waals surface area contributed by atoms with E-state index in [1.807, 2.05) is 36.9 Å². The Morgan fingerprint density at radius 3 is 2.81 bits per heavy atom. The van der Waals surface area contributed by atoms with Gasteiger partial charge in [0, 0.05) is 54.9 Å². The van der Waals surface area contributed by atoms with Crippen LogP contribution in [0, 0.1) is 6.92 Å². The highest BCUT2D eigenvalue weighted by atomic mass is 35.5. The lowest BCUT2D eigenvalue weighted by Gasteiger charge is -2.27. The Balaban J connectivity index is 0.00000243. The van der Waals surface area contributed by atoms with E-state index in [0.717, 1.165) is 23.6 Å². The van der Waals surface area contributed by atoms with Gasteiger partial charge in [-0.1, -0.05) is 6.07 Å². The van der Waals surface area contributed by atoms with Gasteiger partial charge in [0.1, 0.15) is 0 Å². The van der Waals surface area contributed by atoms with Crippen LogP contribution in [0.25, 0.3) is 0 Å². The van der Waals surface area contributed by atoms with Crippen LogP contribution in [0.2, 0.25) is 0 Å². The van der Waals surface area contributed by atoms with E-state index in [4.69, 9.17) is 4.74 Å². The van der Waals surface area contributed by atoms with Crippen molar-refractivity contribution in [1.29, 1.82) is 0 Å². The van der Waals surface area contributed by atoms with Gasteiger partial charge in [0.05, 0.1) is 13.2 Å². The second kappa shape index (κ2) is 10.2. The molecule has 1 aromatic rings. The molecule has 0 bridgehead atoms. The third-order valence-electron chi connectivity index (χ3n) is 4.57. The molecule has 0 radical (unpaired) electrons. The van der Waals surface area contributed by atoms with Gasteiger partial charge in [0.15, 0.2) is 0 Å². The predicted octanol–water partition coefficient (Wildman–Crippen LogP) is 1.92. The summed E-state index contributed by atoms with van der Waals surface area (Å²) in [6.45, 7) is 5.21. The average molecular weight is 400 g/mol. The average Bonchev–Trinajstić information content (AvgIpc) is 2.64. The summed E-state index contributed by atoms with van der Waals surface area (Å²) in [6, 6.07) is 5.72. The fourth-order valence-electron chi connectivity index (χ4n) is 3.12. The molecule has 0 aromatic heterocycles. The molecular formula is C18H26ClN3O3S. The van der Waals surface area contributed by atoms with Crippen molar-refractivity contribution in [3.8, 4) is 0 Å². The maximum Gasteiger partial charge on any atom is 0.254 e. The first-order chi connectivity index (χ1) is 12.1. The fourth-order valence-corrected chi connectivity index (χ4v) is 4.06. The Bertz CT molecular complexity index is 632. The van der Waals surface area contributed by atoms with E-state index >= 15 is 0 Å². The number of anilines is 1. The maximum absolute atomic E-state index is 12.7. The number of hydrogen-bond acceptors (Lipinski definition) is 5. The largest absolute Gasteiger partial charge is 0.378 e. The lowest BCUT2D eigenvalue weighted by molar-refractivity contribution is -0.116. The molecule has 26 heavy (non-hydrogen) atoms. The number of rotatable bonds is 4. The zero-order chi connectivity index (χ0) is 17.6. The number of morpholine rings is 1. The van der Waals surface area contributed by atoms with Crippen LogP contribution >= 0.6 is 24.2 Å². The van der Waals surface area contributed by atoms with Gasteiger partial charge >= 0.3 is 0 Å². The standard InChI is InChI=1S/C18H25N3O3S.ClH/c1-13-15(18(23)21-6-8-24-9-7-21)3-2-4-16(13)20-17(22)11-14-12-25-10-5-19-14;/h2-4,14,19H,5-12H2,1H3,(H,20,22);1H. The monoisotopic (exact) mass is 399 g/mol. The number of nitrogens with one attached hydrogen (secondary N) is 2. The number of nitrogens with zero attached hydrogens (tertiary/aromatic N) is 1. The van der Waals surface area contributed by atoms with Crippen molar-refractivity contribution in [2.45, 2.75) is 19.4 Å². The minimum atomic E-state index is -0.0147. The van der Waals surface area contributed by atoms with Gasteiger partial charge in [-0.15, -0.1) is 12.4 Å². The zero-order valence-corrected chi connectivity index (χ0v) is 16.6. The summed E-state index contributed by atoms with van der Waals surface area (Å²) in [5, 5.41) is 6.34. The number of halogens is 1. The lowest BCUT2D eigenvalue weighted by atomic mass is 10.0. The molecule has 1 unspecified atom stereocenters. The number of thioether (sulfide) groups is 1. The van der Waals surface area contributed by atoms with E-state index in [2.05, 4.69) is 10.6 Å². The van der Waals surface area contributed by atoms with Crippen LogP contribution in [0.15, 0.2) is 18.2 Å². The number of ether oxygens (including phenoxy) is 1. The minimum Gasteiger partial charge on any atom is -0.378 e. The topological polar surface area (TPSA) is 70.7 Å². The van der Waals surface area contributed by atoms with Gasteiger partial charge in [0.2, 0.25) is 5.91 Å². The number of amides is 2. The van der Waals surface area contributed by atoms with Gasteiger partial charge in [-0.3, -0.25) is 9.59 Å². The summed E-state index contributed by atoms with van der Waals surface area (Å²) >= 11 is 1.87. The first kappa shape index (κ1) is 21.0. The highest BCUT2D eigenvalue weighted by Crippen LogP contribution is 2.21. The summed E-state index contributed by atoms with van der Waals surface area (Å²) in [5.74, 6) is 2.05. The molecule has 144 valence electrons. The molecular weight excluding hydrogens is 374 g/mol. The van der Waals surface area contributed by atoms with E-state index in [-0.39, 0.29) is 30.3 Å². The van der Waals surface area contributed by atoms with Gasteiger partial charge in [0.25, 0.3) is 5.91 Å². The van der Waals surface area contributed by atoms with Gasteiger partial charge in [-0.2, -0.15) is 11.8 Å². The van der Waals surface area contributed by atoms with Crippen LogP contribution in [0.1, 0.15) is 22.3 Å². The number of carbonyl (C=O) groups is 2. The molecule has 8 heteroatoms. The van der Waals surface area contributed by atoms with Crippen LogP contribution in [-0.2, 0) is 9.53 Å². The van der Waals surface area contributed by atoms with E-state index in [1.165, 1.54) is 0 Å². The van der Waals surface area contributed by atoms with Crippen LogP contribution < -0.4 is 10.6 Å². The normalized spacial score (nSPS) is 20.2. The first-order valence-electron chi connectivity index (χ1n) is 8.73. The molecule has 0 saturated carbocycles. The zero-order valence-electron chi connectivity index (χ0n) is 15.0. The lowest BCUT2D eigenvalue weighted by Crippen LogP contribution is -2.41. The quantitative estimate of drug-likeness (QED) is 0.809. The van der Waals surface area contributed by atoms with Crippen molar-refractivity contribution in [2.24, 2.45) is 0 Å². The smallest absolute Gasteiger partial charge is 0.254 e. The maximum atomic E-state index is 12.7. The minimum absolute atomic E-state index is 0. The molecule has 2 saturated heterocycles. The summed E-state index contributed by atoms with van der Waals surface area (Å²) < 4.78 is 5.31. The number of benzene rings is 1.